The van der Waals surface area contributed by atoms with Crippen LogP contribution in [-0.2, 0) is 9.53 Å². The highest BCUT2D eigenvalue weighted by atomic mass is 19.1. The Labute approximate surface area is 168 Å². The average Bonchev–Trinajstić information content (AvgIpc) is 2.74. The van der Waals surface area contributed by atoms with Gasteiger partial charge >= 0.3 is 5.97 Å². The summed E-state index contributed by atoms with van der Waals surface area (Å²) >= 11 is 0. The van der Waals surface area contributed by atoms with Crippen LogP contribution in [0.1, 0.15) is 22.0 Å². The molecule has 0 fully saturated rings. The smallest absolute Gasteiger partial charge is 0.339 e. The van der Waals surface area contributed by atoms with Gasteiger partial charge in [0.2, 0.25) is 6.10 Å². The number of hydrogen-bond donors (Lipinski definition) is 1. The van der Waals surface area contributed by atoms with E-state index in [9.17, 15) is 14.0 Å². The van der Waals surface area contributed by atoms with Gasteiger partial charge in [-0.05, 0) is 48.5 Å². The normalized spacial score (nSPS) is 11.4. The lowest BCUT2D eigenvalue weighted by molar-refractivity contribution is -0.125. The van der Waals surface area contributed by atoms with Crippen molar-refractivity contribution in [3.8, 4) is 0 Å². The topological polar surface area (TPSA) is 58.6 Å². The molecule has 0 radical (unpaired) electrons. The SMILES string of the molecule is CN(C)c1ccc(C(=O)O[C@@H](C(=O)Nc2ccc(F)cc2)c2ccccc2)cc1. The van der Waals surface area contributed by atoms with Crippen LogP contribution in [0, 0.1) is 5.82 Å². The monoisotopic (exact) mass is 392 g/mol. The van der Waals surface area contributed by atoms with Crippen LogP contribution < -0.4 is 10.2 Å². The lowest BCUT2D eigenvalue weighted by Crippen LogP contribution is -2.26. The van der Waals surface area contributed by atoms with Gasteiger partial charge in [-0.3, -0.25) is 4.79 Å². The Morgan fingerprint density at radius 1 is 0.897 bits per heavy atom. The molecule has 5 nitrogen and oxygen atoms in total. The molecule has 0 aromatic heterocycles. The van der Waals surface area contributed by atoms with E-state index in [4.69, 9.17) is 4.74 Å². The van der Waals surface area contributed by atoms with E-state index in [1.165, 1.54) is 24.3 Å². The average molecular weight is 392 g/mol. The molecule has 0 heterocycles. The van der Waals surface area contributed by atoms with Gasteiger partial charge in [0, 0.05) is 31.0 Å². The molecule has 1 N–H and O–H groups in total. The van der Waals surface area contributed by atoms with Crippen molar-refractivity contribution in [1.29, 1.82) is 0 Å². The standard InChI is InChI=1S/C23H21FN2O3/c1-26(2)20-14-8-17(9-15-20)23(28)29-21(16-6-4-3-5-7-16)22(27)25-19-12-10-18(24)11-13-19/h3-15,21H,1-2H3,(H,25,27)/t21-/m1/s1. The quantitative estimate of drug-likeness (QED) is 0.631. The molecule has 1 amide bonds. The van der Waals surface area contributed by atoms with Gasteiger partial charge in [-0.1, -0.05) is 30.3 Å². The summed E-state index contributed by atoms with van der Waals surface area (Å²) in [5.41, 5.74) is 2.22. The Bertz CT molecular complexity index is 971. The lowest BCUT2D eigenvalue weighted by Gasteiger charge is -2.18. The fourth-order valence-electron chi connectivity index (χ4n) is 2.71. The molecule has 0 saturated carbocycles. The summed E-state index contributed by atoms with van der Waals surface area (Å²) in [6.07, 6.45) is -1.15. The lowest BCUT2D eigenvalue weighted by atomic mass is 10.1. The van der Waals surface area contributed by atoms with Gasteiger partial charge in [-0.25, -0.2) is 9.18 Å². The van der Waals surface area contributed by atoms with Crippen LogP contribution in [0.5, 0.6) is 0 Å². The highest BCUT2D eigenvalue weighted by Crippen LogP contribution is 2.22. The van der Waals surface area contributed by atoms with E-state index in [1.807, 2.05) is 19.0 Å². The van der Waals surface area contributed by atoms with Gasteiger partial charge in [-0.2, -0.15) is 0 Å². The number of halogens is 1. The van der Waals surface area contributed by atoms with Crippen molar-refractivity contribution in [3.05, 3.63) is 95.8 Å². The first-order valence-corrected chi connectivity index (χ1v) is 9.04. The van der Waals surface area contributed by atoms with Gasteiger partial charge in [0.15, 0.2) is 0 Å². The Morgan fingerprint density at radius 3 is 2.10 bits per heavy atom. The molecule has 0 bridgehead atoms. The van der Waals surface area contributed by atoms with Crippen LogP contribution in [0.15, 0.2) is 78.9 Å². The molecule has 0 aliphatic heterocycles. The van der Waals surface area contributed by atoms with E-state index in [0.29, 0.717) is 16.8 Å². The van der Waals surface area contributed by atoms with E-state index < -0.39 is 23.8 Å². The first-order chi connectivity index (χ1) is 13.9. The predicted octanol–water partition coefficient (Wildman–Crippen LogP) is 4.43. The molecule has 3 aromatic rings. The van der Waals surface area contributed by atoms with E-state index in [2.05, 4.69) is 5.32 Å². The molecule has 0 spiro atoms. The van der Waals surface area contributed by atoms with Crippen LogP contribution >= 0.6 is 0 Å². The second-order valence-corrected chi connectivity index (χ2v) is 6.63. The number of nitrogens with zero attached hydrogens (tertiary/aromatic N) is 1. The molecule has 0 saturated heterocycles. The van der Waals surface area contributed by atoms with Gasteiger partial charge in [0.25, 0.3) is 5.91 Å². The van der Waals surface area contributed by atoms with Gasteiger partial charge in [0.1, 0.15) is 5.82 Å². The van der Waals surface area contributed by atoms with Crippen LogP contribution in [0.4, 0.5) is 15.8 Å². The van der Waals surface area contributed by atoms with Gasteiger partial charge in [0.05, 0.1) is 5.56 Å². The highest BCUT2D eigenvalue weighted by molar-refractivity contribution is 5.98. The molecule has 6 heteroatoms. The van der Waals surface area contributed by atoms with Crippen LogP contribution in [0.25, 0.3) is 0 Å². The fraction of sp³-hybridized carbons (Fsp3) is 0.130. The molecular formula is C23H21FN2O3. The van der Waals surface area contributed by atoms with Crippen molar-refractivity contribution >= 4 is 23.3 Å². The summed E-state index contributed by atoms with van der Waals surface area (Å²) < 4.78 is 18.6. The van der Waals surface area contributed by atoms with E-state index in [-0.39, 0.29) is 0 Å². The summed E-state index contributed by atoms with van der Waals surface area (Å²) in [6, 6.07) is 21.0. The number of amides is 1. The highest BCUT2D eigenvalue weighted by Gasteiger charge is 2.26. The number of rotatable bonds is 6. The predicted molar refractivity (Wildman–Crippen MR) is 110 cm³/mol. The van der Waals surface area contributed by atoms with E-state index in [0.717, 1.165) is 5.69 Å². The molecule has 1 atom stereocenters. The molecule has 3 aromatic carbocycles. The number of nitrogens with one attached hydrogen (secondary N) is 1. The van der Waals surface area contributed by atoms with E-state index in [1.54, 1.807) is 54.6 Å². The van der Waals surface area contributed by atoms with Crippen molar-refractivity contribution in [2.75, 3.05) is 24.3 Å². The summed E-state index contributed by atoms with van der Waals surface area (Å²) in [5, 5.41) is 2.66. The zero-order valence-corrected chi connectivity index (χ0v) is 16.1. The second kappa shape index (κ2) is 9.01. The van der Waals surface area contributed by atoms with Crippen molar-refractivity contribution in [1.82, 2.24) is 0 Å². The van der Waals surface area contributed by atoms with Crippen molar-refractivity contribution < 1.29 is 18.7 Å². The summed E-state index contributed by atoms with van der Waals surface area (Å²) in [5.74, 6) is -1.55. The minimum atomic E-state index is -1.15. The minimum absolute atomic E-state index is 0.339. The zero-order chi connectivity index (χ0) is 20.8. The first-order valence-electron chi connectivity index (χ1n) is 9.04. The van der Waals surface area contributed by atoms with Gasteiger partial charge in [-0.15, -0.1) is 0 Å². The molecule has 0 unspecified atom stereocenters. The number of anilines is 2. The van der Waals surface area contributed by atoms with E-state index >= 15 is 0 Å². The largest absolute Gasteiger partial charge is 0.444 e. The number of carbonyl (C=O) groups excluding carboxylic acids is 2. The van der Waals surface area contributed by atoms with Crippen LogP contribution in [0.2, 0.25) is 0 Å². The molecule has 29 heavy (non-hydrogen) atoms. The number of hydrogen-bond acceptors (Lipinski definition) is 4. The molecule has 3 rings (SSSR count). The number of ether oxygens (including phenoxy) is 1. The van der Waals surface area contributed by atoms with Gasteiger partial charge < -0.3 is 15.0 Å². The van der Waals surface area contributed by atoms with Crippen LogP contribution in [0.3, 0.4) is 0 Å². The Morgan fingerprint density at radius 2 is 1.52 bits per heavy atom. The summed E-state index contributed by atoms with van der Waals surface area (Å²) in [7, 11) is 3.80. The third kappa shape index (κ3) is 5.19. The van der Waals surface area contributed by atoms with Crippen molar-refractivity contribution in [3.63, 3.8) is 0 Å². The van der Waals surface area contributed by atoms with Crippen LogP contribution in [-0.4, -0.2) is 26.0 Å². The third-order valence-electron chi connectivity index (χ3n) is 4.30. The zero-order valence-electron chi connectivity index (χ0n) is 16.1. The summed E-state index contributed by atoms with van der Waals surface area (Å²) in [4.78, 5) is 27.4. The molecule has 0 aliphatic carbocycles. The second-order valence-electron chi connectivity index (χ2n) is 6.63. The Kier molecular flexibility index (Phi) is 6.24. The minimum Gasteiger partial charge on any atom is -0.444 e. The maximum atomic E-state index is 13.1. The maximum Gasteiger partial charge on any atom is 0.339 e. The van der Waals surface area contributed by atoms with Crippen molar-refractivity contribution in [2.45, 2.75) is 6.10 Å². The Hall–Kier alpha value is -3.67. The number of esters is 1. The molecular weight excluding hydrogens is 371 g/mol. The number of benzene rings is 3. The fourth-order valence-corrected chi connectivity index (χ4v) is 2.71. The Balaban J connectivity index is 1.81. The summed E-state index contributed by atoms with van der Waals surface area (Å²) in [6.45, 7) is 0. The maximum absolute atomic E-state index is 13.1. The first kappa shape index (κ1) is 20.1. The molecule has 148 valence electrons. The van der Waals surface area contributed by atoms with Crippen molar-refractivity contribution in [2.24, 2.45) is 0 Å². The third-order valence-corrected chi connectivity index (χ3v) is 4.30. The number of carbonyl (C=O) groups is 2. The molecule has 0 aliphatic rings.